The topological polar surface area (TPSA) is 32.3 Å². The second-order valence-electron chi connectivity index (χ2n) is 6.28. The van der Waals surface area contributed by atoms with Crippen LogP contribution >= 0.6 is 11.3 Å². The maximum atomic E-state index is 12.3. The van der Waals surface area contributed by atoms with E-state index < -0.39 is 0 Å². The molecule has 4 heteroatoms. The second-order valence-corrected chi connectivity index (χ2v) is 7.32. The Hall–Kier alpha value is -1.65. The Morgan fingerprint density at radius 3 is 2.43 bits per heavy atom. The smallest absolute Gasteiger partial charge is 0.237 e. The highest BCUT2D eigenvalue weighted by Gasteiger charge is 2.18. The number of carbonyl (C=O) groups is 1. The van der Waals surface area contributed by atoms with Gasteiger partial charge >= 0.3 is 0 Å². The van der Waals surface area contributed by atoms with Gasteiger partial charge in [-0.15, -0.1) is 11.3 Å². The zero-order valence-corrected chi connectivity index (χ0v) is 15.2. The molecule has 0 radical (unpaired) electrons. The molecule has 0 aliphatic heterocycles. The van der Waals surface area contributed by atoms with E-state index in [9.17, 15) is 4.79 Å². The van der Waals surface area contributed by atoms with Gasteiger partial charge in [0, 0.05) is 11.4 Å². The summed E-state index contributed by atoms with van der Waals surface area (Å²) in [6, 6.07) is 12.5. The van der Waals surface area contributed by atoms with Gasteiger partial charge in [0.2, 0.25) is 5.91 Å². The van der Waals surface area contributed by atoms with Crippen molar-refractivity contribution in [2.24, 2.45) is 0 Å². The lowest BCUT2D eigenvalue weighted by Gasteiger charge is -2.24. The molecular weight excluding hydrogens is 304 g/mol. The zero-order valence-electron chi connectivity index (χ0n) is 14.4. The maximum Gasteiger partial charge on any atom is 0.237 e. The van der Waals surface area contributed by atoms with E-state index in [1.54, 1.807) is 11.3 Å². The molecule has 1 aromatic carbocycles. The Balaban J connectivity index is 1.85. The zero-order chi connectivity index (χ0) is 16.8. The minimum absolute atomic E-state index is 0.0692. The van der Waals surface area contributed by atoms with Crippen molar-refractivity contribution in [3.8, 4) is 0 Å². The highest BCUT2D eigenvalue weighted by Crippen LogP contribution is 2.16. The molecule has 0 aliphatic rings. The first-order valence-electron chi connectivity index (χ1n) is 8.06. The van der Waals surface area contributed by atoms with Gasteiger partial charge in [0.25, 0.3) is 0 Å². The molecular formula is C19H26N2OS. The average Bonchev–Trinajstić information content (AvgIpc) is 3.05. The Kier molecular flexibility index (Phi) is 6.37. The first-order valence-corrected chi connectivity index (χ1v) is 8.94. The van der Waals surface area contributed by atoms with Crippen LogP contribution in [0.5, 0.6) is 0 Å². The van der Waals surface area contributed by atoms with Crippen molar-refractivity contribution >= 4 is 17.2 Å². The van der Waals surface area contributed by atoms with Crippen LogP contribution in [0.3, 0.4) is 0 Å². The molecule has 2 rings (SSSR count). The maximum absolute atomic E-state index is 12.3. The van der Waals surface area contributed by atoms with Crippen LogP contribution in [0.1, 0.15) is 42.7 Å². The molecule has 1 N–H and O–H groups in total. The van der Waals surface area contributed by atoms with Crippen LogP contribution in [0.15, 0.2) is 41.8 Å². The van der Waals surface area contributed by atoms with Gasteiger partial charge in [-0.3, -0.25) is 9.69 Å². The molecule has 1 amide bonds. The van der Waals surface area contributed by atoms with Crippen molar-refractivity contribution < 1.29 is 4.79 Å². The minimum Gasteiger partial charge on any atom is -0.350 e. The van der Waals surface area contributed by atoms with Crippen LogP contribution in [-0.4, -0.2) is 23.9 Å². The molecule has 0 saturated heterocycles. The fraction of sp³-hybridized carbons (Fsp3) is 0.421. The molecule has 0 unspecified atom stereocenters. The number of likely N-dealkylation sites (N-methyl/N-ethyl adjacent to an activating group) is 1. The fourth-order valence-corrected chi connectivity index (χ4v) is 3.01. The van der Waals surface area contributed by atoms with E-state index in [2.05, 4.69) is 48.3 Å². The van der Waals surface area contributed by atoms with Crippen molar-refractivity contribution in [1.82, 2.24) is 10.2 Å². The van der Waals surface area contributed by atoms with Gasteiger partial charge in [-0.05, 0) is 42.5 Å². The van der Waals surface area contributed by atoms with Crippen molar-refractivity contribution in [2.45, 2.75) is 45.8 Å². The molecule has 0 bridgehead atoms. The van der Waals surface area contributed by atoms with Crippen molar-refractivity contribution in [3.63, 3.8) is 0 Å². The van der Waals surface area contributed by atoms with Gasteiger partial charge in [0.1, 0.15) is 0 Å². The van der Waals surface area contributed by atoms with Gasteiger partial charge in [0.15, 0.2) is 0 Å². The third-order valence-electron chi connectivity index (χ3n) is 4.14. The van der Waals surface area contributed by atoms with E-state index in [1.807, 2.05) is 31.5 Å². The Labute approximate surface area is 143 Å². The van der Waals surface area contributed by atoms with Gasteiger partial charge in [-0.1, -0.05) is 44.2 Å². The molecule has 124 valence electrons. The number of nitrogens with zero attached hydrogens (tertiary/aromatic N) is 1. The lowest BCUT2D eigenvalue weighted by molar-refractivity contribution is -0.125. The first kappa shape index (κ1) is 17.7. The SMILES string of the molecule is CC(C)c1ccc(CN(C)[C@H](C)C(=O)NCc2cccs2)cc1. The molecule has 2 aromatic rings. The molecule has 0 saturated carbocycles. The standard InChI is InChI=1S/C19H26N2OS/c1-14(2)17-9-7-16(8-10-17)13-21(4)15(3)19(22)20-12-18-6-5-11-23-18/h5-11,14-15H,12-13H2,1-4H3,(H,20,22)/t15-/m1/s1. The molecule has 0 spiro atoms. The van der Waals surface area contributed by atoms with Crippen LogP contribution in [0, 0.1) is 0 Å². The molecule has 1 aromatic heterocycles. The third-order valence-corrected chi connectivity index (χ3v) is 5.01. The van der Waals surface area contributed by atoms with Crippen molar-refractivity contribution in [2.75, 3.05) is 7.05 Å². The van der Waals surface area contributed by atoms with Crippen LogP contribution in [0.2, 0.25) is 0 Å². The van der Waals surface area contributed by atoms with Crippen molar-refractivity contribution in [3.05, 3.63) is 57.8 Å². The fourth-order valence-electron chi connectivity index (χ4n) is 2.37. The largest absolute Gasteiger partial charge is 0.350 e. The van der Waals surface area contributed by atoms with E-state index in [0.717, 1.165) is 6.54 Å². The quantitative estimate of drug-likeness (QED) is 0.832. The van der Waals surface area contributed by atoms with E-state index in [1.165, 1.54) is 16.0 Å². The number of amides is 1. The lowest BCUT2D eigenvalue weighted by Crippen LogP contribution is -2.42. The Morgan fingerprint density at radius 1 is 1.17 bits per heavy atom. The van der Waals surface area contributed by atoms with Crippen LogP contribution < -0.4 is 5.32 Å². The summed E-state index contributed by atoms with van der Waals surface area (Å²) in [6.45, 7) is 7.72. The highest BCUT2D eigenvalue weighted by atomic mass is 32.1. The summed E-state index contributed by atoms with van der Waals surface area (Å²) < 4.78 is 0. The third kappa shape index (κ3) is 5.19. The predicted octanol–water partition coefficient (Wildman–Crippen LogP) is 4.01. The molecule has 0 aliphatic carbocycles. The van der Waals surface area contributed by atoms with E-state index in [-0.39, 0.29) is 11.9 Å². The summed E-state index contributed by atoms with van der Waals surface area (Å²) >= 11 is 1.66. The summed E-state index contributed by atoms with van der Waals surface area (Å²) in [6.07, 6.45) is 0. The lowest BCUT2D eigenvalue weighted by atomic mass is 10.0. The number of hydrogen-bond donors (Lipinski definition) is 1. The van der Waals surface area contributed by atoms with E-state index >= 15 is 0 Å². The molecule has 3 nitrogen and oxygen atoms in total. The number of benzene rings is 1. The Morgan fingerprint density at radius 2 is 1.87 bits per heavy atom. The summed E-state index contributed by atoms with van der Waals surface area (Å²) in [5, 5.41) is 5.03. The minimum atomic E-state index is -0.153. The summed E-state index contributed by atoms with van der Waals surface area (Å²) in [4.78, 5) is 15.5. The van der Waals surface area contributed by atoms with E-state index in [0.29, 0.717) is 12.5 Å². The van der Waals surface area contributed by atoms with E-state index in [4.69, 9.17) is 0 Å². The predicted molar refractivity (Wildman–Crippen MR) is 97.6 cm³/mol. The molecule has 0 fully saturated rings. The molecule has 1 atom stereocenters. The van der Waals surface area contributed by atoms with Crippen LogP contribution in [0.25, 0.3) is 0 Å². The van der Waals surface area contributed by atoms with Gasteiger partial charge < -0.3 is 5.32 Å². The van der Waals surface area contributed by atoms with Gasteiger partial charge in [0.05, 0.1) is 12.6 Å². The van der Waals surface area contributed by atoms with Crippen molar-refractivity contribution in [1.29, 1.82) is 0 Å². The first-order chi connectivity index (χ1) is 11.0. The number of carbonyl (C=O) groups excluding carboxylic acids is 1. The number of hydrogen-bond acceptors (Lipinski definition) is 3. The average molecular weight is 330 g/mol. The normalized spacial score (nSPS) is 12.6. The molecule has 23 heavy (non-hydrogen) atoms. The summed E-state index contributed by atoms with van der Waals surface area (Å²) in [5.74, 6) is 0.614. The summed E-state index contributed by atoms with van der Waals surface area (Å²) in [7, 11) is 1.99. The summed E-state index contributed by atoms with van der Waals surface area (Å²) in [5.41, 5.74) is 2.58. The second kappa shape index (κ2) is 8.27. The van der Waals surface area contributed by atoms with Crippen LogP contribution in [0.4, 0.5) is 0 Å². The number of rotatable bonds is 7. The number of thiophene rings is 1. The molecule has 1 heterocycles. The van der Waals surface area contributed by atoms with Gasteiger partial charge in [-0.25, -0.2) is 0 Å². The highest BCUT2D eigenvalue weighted by molar-refractivity contribution is 7.09. The number of nitrogens with one attached hydrogen (secondary N) is 1. The van der Waals surface area contributed by atoms with Gasteiger partial charge in [-0.2, -0.15) is 0 Å². The van der Waals surface area contributed by atoms with Crippen LogP contribution in [-0.2, 0) is 17.9 Å². The monoisotopic (exact) mass is 330 g/mol. The Bertz CT molecular complexity index is 605.